The third-order valence-corrected chi connectivity index (χ3v) is 2.28. The standard InChI is InChI=1S/C12H17F/c1-3-4-10(2)9-11-5-7-12(13)8-6-11/h5-8,10H,3-4,9H2,1-2H3. The zero-order valence-electron chi connectivity index (χ0n) is 8.39. The summed E-state index contributed by atoms with van der Waals surface area (Å²) in [7, 11) is 0. The van der Waals surface area contributed by atoms with Gasteiger partial charge in [0.15, 0.2) is 0 Å². The normalized spacial score (nSPS) is 12.8. The fraction of sp³-hybridized carbons (Fsp3) is 0.500. The number of hydrogen-bond donors (Lipinski definition) is 0. The van der Waals surface area contributed by atoms with Crippen molar-refractivity contribution in [2.75, 3.05) is 0 Å². The molecule has 72 valence electrons. The Hall–Kier alpha value is -0.850. The highest BCUT2D eigenvalue weighted by Gasteiger charge is 2.02. The van der Waals surface area contributed by atoms with Crippen molar-refractivity contribution < 1.29 is 4.39 Å². The highest BCUT2D eigenvalue weighted by Crippen LogP contribution is 2.13. The molecule has 0 aromatic heterocycles. The predicted octanol–water partition coefficient (Wildman–Crippen LogP) is 3.80. The minimum atomic E-state index is -0.146. The van der Waals surface area contributed by atoms with Crippen LogP contribution < -0.4 is 0 Å². The molecule has 1 atom stereocenters. The average Bonchev–Trinajstić information content (AvgIpc) is 2.09. The van der Waals surface area contributed by atoms with Crippen LogP contribution in [-0.2, 0) is 6.42 Å². The molecule has 0 saturated carbocycles. The quantitative estimate of drug-likeness (QED) is 0.661. The molecule has 0 amide bonds. The van der Waals surface area contributed by atoms with Crippen molar-refractivity contribution >= 4 is 0 Å². The van der Waals surface area contributed by atoms with Gasteiger partial charge >= 0.3 is 0 Å². The van der Waals surface area contributed by atoms with E-state index in [2.05, 4.69) is 13.8 Å². The van der Waals surface area contributed by atoms with E-state index in [0.29, 0.717) is 5.92 Å². The van der Waals surface area contributed by atoms with E-state index in [0.717, 1.165) is 6.42 Å². The summed E-state index contributed by atoms with van der Waals surface area (Å²) in [6, 6.07) is 6.82. The van der Waals surface area contributed by atoms with Crippen LogP contribution in [0.25, 0.3) is 0 Å². The van der Waals surface area contributed by atoms with Crippen molar-refractivity contribution in [1.29, 1.82) is 0 Å². The summed E-state index contributed by atoms with van der Waals surface area (Å²) in [4.78, 5) is 0. The first kappa shape index (κ1) is 10.2. The molecule has 1 aromatic carbocycles. The van der Waals surface area contributed by atoms with Gasteiger partial charge in [0.2, 0.25) is 0 Å². The Morgan fingerprint density at radius 1 is 1.23 bits per heavy atom. The minimum Gasteiger partial charge on any atom is -0.207 e. The number of benzene rings is 1. The summed E-state index contributed by atoms with van der Waals surface area (Å²) in [5.41, 5.74) is 1.24. The number of halogens is 1. The lowest BCUT2D eigenvalue weighted by Crippen LogP contribution is -1.98. The molecule has 1 unspecified atom stereocenters. The molecular weight excluding hydrogens is 163 g/mol. The second-order valence-corrected chi connectivity index (χ2v) is 3.72. The molecule has 0 spiro atoms. The Bertz CT molecular complexity index is 238. The first-order valence-electron chi connectivity index (χ1n) is 4.96. The molecule has 13 heavy (non-hydrogen) atoms. The van der Waals surface area contributed by atoms with Crippen molar-refractivity contribution in [2.24, 2.45) is 5.92 Å². The molecule has 0 aliphatic carbocycles. The second kappa shape index (κ2) is 5.00. The summed E-state index contributed by atoms with van der Waals surface area (Å²) in [6.45, 7) is 4.44. The maximum Gasteiger partial charge on any atom is 0.123 e. The van der Waals surface area contributed by atoms with Crippen LogP contribution >= 0.6 is 0 Å². The fourth-order valence-electron chi connectivity index (χ4n) is 1.62. The first-order valence-corrected chi connectivity index (χ1v) is 4.96. The lowest BCUT2D eigenvalue weighted by Gasteiger charge is -2.09. The van der Waals surface area contributed by atoms with Crippen LogP contribution in [0.2, 0.25) is 0 Å². The lowest BCUT2D eigenvalue weighted by atomic mass is 9.97. The van der Waals surface area contributed by atoms with Crippen LogP contribution in [0.4, 0.5) is 4.39 Å². The minimum absolute atomic E-state index is 0.146. The van der Waals surface area contributed by atoms with Crippen LogP contribution in [0, 0.1) is 11.7 Å². The molecule has 0 aliphatic rings. The third kappa shape index (κ3) is 3.58. The van der Waals surface area contributed by atoms with Crippen molar-refractivity contribution in [1.82, 2.24) is 0 Å². The first-order chi connectivity index (χ1) is 6.22. The predicted molar refractivity (Wildman–Crippen MR) is 54.2 cm³/mol. The number of hydrogen-bond acceptors (Lipinski definition) is 0. The Morgan fingerprint density at radius 3 is 2.38 bits per heavy atom. The molecule has 1 rings (SSSR count). The molecular formula is C12H17F. The van der Waals surface area contributed by atoms with Gasteiger partial charge in [-0.2, -0.15) is 0 Å². The molecule has 0 nitrogen and oxygen atoms in total. The molecule has 1 aromatic rings. The SMILES string of the molecule is CCCC(C)Cc1ccc(F)cc1. The summed E-state index contributed by atoms with van der Waals surface area (Å²) in [5.74, 6) is 0.558. The van der Waals surface area contributed by atoms with Gasteiger partial charge in [-0.05, 0) is 30.0 Å². The molecule has 0 saturated heterocycles. The maximum atomic E-state index is 12.6. The van der Waals surface area contributed by atoms with Crippen LogP contribution in [-0.4, -0.2) is 0 Å². The van der Waals surface area contributed by atoms with Gasteiger partial charge in [0, 0.05) is 0 Å². The van der Waals surface area contributed by atoms with Crippen LogP contribution in [0.1, 0.15) is 32.3 Å². The summed E-state index contributed by atoms with van der Waals surface area (Å²) in [6.07, 6.45) is 3.54. The van der Waals surface area contributed by atoms with Gasteiger partial charge in [0.05, 0.1) is 0 Å². The van der Waals surface area contributed by atoms with Gasteiger partial charge in [0.25, 0.3) is 0 Å². The Morgan fingerprint density at radius 2 is 1.85 bits per heavy atom. The Balaban J connectivity index is 2.49. The van der Waals surface area contributed by atoms with Crippen molar-refractivity contribution in [2.45, 2.75) is 33.1 Å². The smallest absolute Gasteiger partial charge is 0.123 e. The molecule has 0 bridgehead atoms. The molecule has 1 heteroatoms. The highest BCUT2D eigenvalue weighted by molar-refractivity contribution is 5.16. The molecule has 0 heterocycles. The molecule has 0 fully saturated rings. The van der Waals surface area contributed by atoms with E-state index in [1.807, 2.05) is 12.1 Å². The summed E-state index contributed by atoms with van der Waals surface area (Å²) < 4.78 is 12.6. The van der Waals surface area contributed by atoms with E-state index in [4.69, 9.17) is 0 Å². The van der Waals surface area contributed by atoms with Crippen molar-refractivity contribution in [3.63, 3.8) is 0 Å². The summed E-state index contributed by atoms with van der Waals surface area (Å²) >= 11 is 0. The lowest BCUT2D eigenvalue weighted by molar-refractivity contribution is 0.521. The monoisotopic (exact) mass is 180 g/mol. The van der Waals surface area contributed by atoms with Gasteiger partial charge in [-0.1, -0.05) is 38.8 Å². The molecule has 0 aliphatic heterocycles. The fourth-order valence-corrected chi connectivity index (χ4v) is 1.62. The van der Waals surface area contributed by atoms with E-state index in [1.165, 1.54) is 30.5 Å². The van der Waals surface area contributed by atoms with Crippen LogP contribution in [0.3, 0.4) is 0 Å². The van der Waals surface area contributed by atoms with Crippen LogP contribution in [0.5, 0.6) is 0 Å². The van der Waals surface area contributed by atoms with E-state index in [9.17, 15) is 4.39 Å². The topological polar surface area (TPSA) is 0 Å². The van der Waals surface area contributed by atoms with Gasteiger partial charge in [0.1, 0.15) is 5.82 Å². The van der Waals surface area contributed by atoms with E-state index in [-0.39, 0.29) is 5.82 Å². The van der Waals surface area contributed by atoms with Crippen molar-refractivity contribution in [3.8, 4) is 0 Å². The Labute approximate surface area is 79.8 Å². The highest BCUT2D eigenvalue weighted by atomic mass is 19.1. The van der Waals surface area contributed by atoms with E-state index >= 15 is 0 Å². The van der Waals surface area contributed by atoms with Gasteiger partial charge < -0.3 is 0 Å². The van der Waals surface area contributed by atoms with Gasteiger partial charge in [-0.25, -0.2) is 4.39 Å². The van der Waals surface area contributed by atoms with E-state index < -0.39 is 0 Å². The largest absolute Gasteiger partial charge is 0.207 e. The average molecular weight is 180 g/mol. The Kier molecular flexibility index (Phi) is 3.94. The summed E-state index contributed by atoms with van der Waals surface area (Å²) in [5, 5.41) is 0. The van der Waals surface area contributed by atoms with Crippen LogP contribution in [0.15, 0.2) is 24.3 Å². The van der Waals surface area contributed by atoms with Gasteiger partial charge in [-0.3, -0.25) is 0 Å². The van der Waals surface area contributed by atoms with E-state index in [1.54, 1.807) is 0 Å². The number of rotatable bonds is 4. The molecule has 0 radical (unpaired) electrons. The van der Waals surface area contributed by atoms with Crippen molar-refractivity contribution in [3.05, 3.63) is 35.6 Å². The zero-order valence-corrected chi connectivity index (χ0v) is 8.39. The second-order valence-electron chi connectivity index (χ2n) is 3.72. The molecule has 0 N–H and O–H groups in total. The zero-order chi connectivity index (χ0) is 9.68. The van der Waals surface area contributed by atoms with Gasteiger partial charge in [-0.15, -0.1) is 0 Å². The maximum absolute atomic E-state index is 12.6. The third-order valence-electron chi connectivity index (χ3n) is 2.28.